The number of hydrogen-bond donors (Lipinski definition) is 0. The first kappa shape index (κ1) is 10.3. The fourth-order valence-corrected chi connectivity index (χ4v) is 1.11. The zero-order valence-corrected chi connectivity index (χ0v) is 8.36. The molecule has 1 aromatic heterocycles. The molecule has 0 N–H and O–H groups in total. The smallest absolute Gasteiger partial charge is 0.408 e. The van der Waals surface area contributed by atoms with Crippen LogP contribution in [0, 0.1) is 0 Å². The topological polar surface area (TPSA) is 36.3 Å². The molecular weight excluding hydrogens is 167 g/mol. The molecule has 1 rings (SSSR count). The first-order chi connectivity index (χ1) is 6.27. The summed E-state index contributed by atoms with van der Waals surface area (Å²) in [5, 5.41) is 4.06. The molecular formula is C8H15BN2O2. The average molecular weight is 182 g/mol. The van der Waals surface area contributed by atoms with E-state index in [-0.39, 0.29) is 7.12 Å². The minimum absolute atomic E-state index is 0.274. The van der Waals surface area contributed by atoms with Crippen molar-refractivity contribution in [1.82, 2.24) is 9.78 Å². The molecule has 0 aliphatic carbocycles. The Morgan fingerprint density at radius 3 is 2.38 bits per heavy atom. The Morgan fingerprint density at radius 2 is 2.00 bits per heavy atom. The van der Waals surface area contributed by atoms with E-state index in [1.165, 1.54) is 0 Å². The molecule has 5 heteroatoms. The maximum absolute atomic E-state index is 5.41. The van der Waals surface area contributed by atoms with E-state index in [1.807, 2.05) is 27.1 Å². The van der Waals surface area contributed by atoms with Crippen LogP contribution in [0.25, 0.3) is 0 Å². The van der Waals surface area contributed by atoms with Gasteiger partial charge in [-0.1, -0.05) is 0 Å². The van der Waals surface area contributed by atoms with Crippen molar-refractivity contribution >= 4 is 12.6 Å². The molecule has 1 heterocycles. The van der Waals surface area contributed by atoms with Gasteiger partial charge in [0.15, 0.2) is 0 Å². The summed E-state index contributed by atoms with van der Waals surface area (Å²) in [6.07, 6.45) is 3.66. The lowest BCUT2D eigenvalue weighted by Crippen LogP contribution is -2.36. The predicted molar refractivity (Wildman–Crippen MR) is 51.8 cm³/mol. The minimum atomic E-state index is -0.274. The van der Waals surface area contributed by atoms with Crippen LogP contribution in [0.15, 0.2) is 12.4 Å². The maximum atomic E-state index is 5.41. The van der Waals surface area contributed by atoms with Crippen molar-refractivity contribution in [3.05, 3.63) is 12.4 Å². The molecule has 0 radical (unpaired) electrons. The molecule has 72 valence electrons. The molecule has 0 atom stereocenters. The summed E-state index contributed by atoms with van der Waals surface area (Å²) >= 11 is 0. The molecule has 0 aliphatic heterocycles. The number of nitrogens with zero attached hydrogens (tertiary/aromatic N) is 2. The predicted octanol–water partition coefficient (Wildman–Crippen LogP) is 0.188. The van der Waals surface area contributed by atoms with Gasteiger partial charge in [0.1, 0.15) is 0 Å². The monoisotopic (exact) mass is 182 g/mol. The van der Waals surface area contributed by atoms with Gasteiger partial charge in [0, 0.05) is 38.1 Å². The molecule has 0 bridgehead atoms. The van der Waals surface area contributed by atoms with Crippen LogP contribution in [-0.2, 0) is 16.4 Å². The molecule has 0 spiro atoms. The Bertz CT molecular complexity index is 246. The standard InChI is InChI=1S/C8H15BN2O2/c1-4-12-9(13-5-2)8-6-10-11(3)7-8/h6-7H,4-5H2,1-3H3. The normalized spacial score (nSPS) is 10.4. The van der Waals surface area contributed by atoms with Crippen LogP contribution in [0.1, 0.15) is 13.8 Å². The highest BCUT2D eigenvalue weighted by molar-refractivity contribution is 6.61. The molecule has 13 heavy (non-hydrogen) atoms. The SMILES string of the molecule is CCOB(OCC)c1cnn(C)c1. The Morgan fingerprint density at radius 1 is 1.38 bits per heavy atom. The summed E-state index contributed by atoms with van der Waals surface area (Å²) in [5.41, 5.74) is 0.964. The largest absolute Gasteiger partial charge is 0.497 e. The second-order valence-electron chi connectivity index (χ2n) is 2.69. The molecule has 0 amide bonds. The third kappa shape index (κ3) is 2.86. The summed E-state index contributed by atoms with van der Waals surface area (Å²) in [4.78, 5) is 0. The van der Waals surface area contributed by atoms with Gasteiger partial charge >= 0.3 is 7.12 Å². The highest BCUT2D eigenvalue weighted by Crippen LogP contribution is 1.91. The lowest BCUT2D eigenvalue weighted by Gasteiger charge is -2.09. The van der Waals surface area contributed by atoms with Crippen LogP contribution in [0.3, 0.4) is 0 Å². The van der Waals surface area contributed by atoms with Crippen molar-refractivity contribution in [3.8, 4) is 0 Å². The van der Waals surface area contributed by atoms with Crippen molar-refractivity contribution in [2.75, 3.05) is 13.2 Å². The molecule has 0 aliphatic rings. The van der Waals surface area contributed by atoms with Gasteiger partial charge in [-0.05, 0) is 13.8 Å². The summed E-state index contributed by atoms with van der Waals surface area (Å²) in [6, 6.07) is 0. The van der Waals surface area contributed by atoms with Crippen molar-refractivity contribution < 1.29 is 9.31 Å². The first-order valence-electron chi connectivity index (χ1n) is 4.49. The Hall–Kier alpha value is -0.805. The summed E-state index contributed by atoms with van der Waals surface area (Å²) < 4.78 is 12.5. The third-order valence-electron chi connectivity index (χ3n) is 1.63. The fraction of sp³-hybridized carbons (Fsp3) is 0.625. The highest BCUT2D eigenvalue weighted by atomic mass is 16.6. The molecule has 4 nitrogen and oxygen atoms in total. The van der Waals surface area contributed by atoms with Crippen molar-refractivity contribution in [2.45, 2.75) is 13.8 Å². The summed E-state index contributed by atoms with van der Waals surface area (Å²) in [6.45, 7) is 5.17. The van der Waals surface area contributed by atoms with Gasteiger partial charge in [0.05, 0.1) is 0 Å². The molecule has 0 saturated heterocycles. The molecule has 0 saturated carbocycles. The Balaban J connectivity index is 2.63. The number of aromatic nitrogens is 2. The minimum Gasteiger partial charge on any atom is -0.408 e. The van der Waals surface area contributed by atoms with Crippen LogP contribution in [0.5, 0.6) is 0 Å². The van der Waals surface area contributed by atoms with E-state index in [1.54, 1.807) is 10.9 Å². The van der Waals surface area contributed by atoms with Gasteiger partial charge in [-0.3, -0.25) is 4.68 Å². The van der Waals surface area contributed by atoms with Crippen LogP contribution in [0.4, 0.5) is 0 Å². The molecule has 1 aromatic rings. The van der Waals surface area contributed by atoms with Crippen molar-refractivity contribution in [3.63, 3.8) is 0 Å². The van der Waals surface area contributed by atoms with E-state index >= 15 is 0 Å². The lowest BCUT2D eigenvalue weighted by molar-refractivity contribution is 0.225. The van der Waals surface area contributed by atoms with Crippen LogP contribution in [-0.4, -0.2) is 30.1 Å². The number of rotatable bonds is 5. The van der Waals surface area contributed by atoms with Crippen LogP contribution in [0.2, 0.25) is 0 Å². The van der Waals surface area contributed by atoms with Gasteiger partial charge in [0.2, 0.25) is 0 Å². The van der Waals surface area contributed by atoms with E-state index < -0.39 is 0 Å². The van der Waals surface area contributed by atoms with E-state index in [4.69, 9.17) is 9.31 Å². The zero-order valence-electron chi connectivity index (χ0n) is 8.36. The highest BCUT2D eigenvalue weighted by Gasteiger charge is 2.21. The third-order valence-corrected chi connectivity index (χ3v) is 1.63. The van der Waals surface area contributed by atoms with Gasteiger partial charge in [-0.2, -0.15) is 5.10 Å². The molecule has 0 aromatic carbocycles. The van der Waals surface area contributed by atoms with E-state index in [9.17, 15) is 0 Å². The zero-order chi connectivity index (χ0) is 9.68. The van der Waals surface area contributed by atoms with Gasteiger partial charge in [-0.25, -0.2) is 0 Å². The van der Waals surface area contributed by atoms with Crippen LogP contribution < -0.4 is 5.46 Å². The maximum Gasteiger partial charge on any atom is 0.497 e. The molecule has 0 unspecified atom stereocenters. The molecule has 0 fully saturated rings. The second-order valence-corrected chi connectivity index (χ2v) is 2.69. The Labute approximate surface area is 79.0 Å². The first-order valence-corrected chi connectivity index (χ1v) is 4.49. The Kier molecular flexibility index (Phi) is 3.98. The van der Waals surface area contributed by atoms with Gasteiger partial charge in [-0.15, -0.1) is 0 Å². The van der Waals surface area contributed by atoms with Crippen molar-refractivity contribution in [2.24, 2.45) is 7.05 Å². The van der Waals surface area contributed by atoms with E-state index in [0.29, 0.717) is 13.2 Å². The van der Waals surface area contributed by atoms with E-state index in [2.05, 4.69) is 5.10 Å². The van der Waals surface area contributed by atoms with Crippen LogP contribution >= 0.6 is 0 Å². The fourth-order valence-electron chi connectivity index (χ4n) is 1.11. The quantitative estimate of drug-likeness (QED) is 0.609. The summed E-state index contributed by atoms with van der Waals surface area (Å²) in [5.74, 6) is 0. The van der Waals surface area contributed by atoms with Gasteiger partial charge in [0.25, 0.3) is 0 Å². The second kappa shape index (κ2) is 5.04. The summed E-state index contributed by atoms with van der Waals surface area (Å²) in [7, 11) is 1.60. The van der Waals surface area contributed by atoms with Gasteiger partial charge < -0.3 is 9.31 Å². The number of hydrogen-bond acceptors (Lipinski definition) is 3. The number of aryl methyl sites for hydroxylation is 1. The van der Waals surface area contributed by atoms with E-state index in [0.717, 1.165) is 5.46 Å². The average Bonchev–Trinajstić information content (AvgIpc) is 2.51. The van der Waals surface area contributed by atoms with Crippen molar-refractivity contribution in [1.29, 1.82) is 0 Å². The lowest BCUT2D eigenvalue weighted by atomic mass is 9.81.